The van der Waals surface area contributed by atoms with E-state index in [1.807, 2.05) is 20.8 Å². The number of halogens is 2. The van der Waals surface area contributed by atoms with Crippen molar-refractivity contribution in [3.8, 4) is 11.3 Å². The smallest absolute Gasteiger partial charge is 0.150 e. The van der Waals surface area contributed by atoms with Gasteiger partial charge in [0.1, 0.15) is 17.3 Å². The Balaban J connectivity index is 2.64. The van der Waals surface area contributed by atoms with E-state index in [2.05, 4.69) is 4.98 Å². The van der Waals surface area contributed by atoms with E-state index >= 15 is 0 Å². The maximum atomic E-state index is 13.1. The van der Waals surface area contributed by atoms with Crippen LogP contribution in [-0.2, 0) is 5.41 Å². The maximum Gasteiger partial charge on any atom is 0.150 e. The lowest BCUT2D eigenvalue weighted by molar-refractivity contribution is 0.532. The van der Waals surface area contributed by atoms with Crippen LogP contribution in [0.1, 0.15) is 26.6 Å². The Bertz CT molecular complexity index is 628. The van der Waals surface area contributed by atoms with Crippen LogP contribution in [0.25, 0.3) is 11.3 Å². The van der Waals surface area contributed by atoms with Gasteiger partial charge in [-0.25, -0.2) is 14.1 Å². The summed E-state index contributed by atoms with van der Waals surface area (Å²) in [6.45, 7) is 5.94. The second-order valence-electron chi connectivity index (χ2n) is 5.41. The highest BCUT2D eigenvalue weighted by Crippen LogP contribution is 2.34. The molecule has 0 radical (unpaired) electrons. The topological polar surface area (TPSA) is 69.9 Å². The van der Waals surface area contributed by atoms with E-state index in [1.54, 1.807) is 6.07 Å². The first-order valence-electron chi connectivity index (χ1n) is 5.81. The molecule has 6 heteroatoms. The molecule has 0 fully saturated rings. The maximum absolute atomic E-state index is 13.1. The number of rotatable bonds is 1. The summed E-state index contributed by atoms with van der Waals surface area (Å²) in [4.78, 5) is 4.45. The van der Waals surface area contributed by atoms with Crippen LogP contribution in [0.3, 0.4) is 0 Å². The van der Waals surface area contributed by atoms with Crippen molar-refractivity contribution in [1.29, 1.82) is 0 Å². The molecule has 1 aromatic carbocycles. The number of benzene rings is 1. The van der Waals surface area contributed by atoms with E-state index in [-0.39, 0.29) is 10.4 Å². The van der Waals surface area contributed by atoms with Crippen molar-refractivity contribution < 1.29 is 4.39 Å². The highest BCUT2D eigenvalue weighted by Gasteiger charge is 2.25. The quantitative estimate of drug-likeness (QED) is 0.790. The Morgan fingerprint density at radius 3 is 2.42 bits per heavy atom. The molecular weight excluding hydrogens is 267 g/mol. The fourth-order valence-corrected chi connectivity index (χ4v) is 2.11. The summed E-state index contributed by atoms with van der Waals surface area (Å²) in [5.41, 5.74) is 6.74. The molecule has 0 atom stereocenters. The Labute approximate surface area is 116 Å². The van der Waals surface area contributed by atoms with E-state index in [0.29, 0.717) is 22.9 Å². The van der Waals surface area contributed by atoms with Crippen molar-refractivity contribution in [2.45, 2.75) is 26.2 Å². The van der Waals surface area contributed by atoms with Gasteiger partial charge in [-0.1, -0.05) is 32.4 Å². The number of aromatic nitrogens is 2. The number of imidazole rings is 1. The second-order valence-corrected chi connectivity index (χ2v) is 5.82. The molecule has 0 amide bonds. The first-order chi connectivity index (χ1) is 8.71. The molecule has 0 unspecified atom stereocenters. The molecule has 0 aliphatic heterocycles. The molecule has 0 bridgehead atoms. The second kappa shape index (κ2) is 4.42. The Hall–Kier alpha value is -1.75. The fraction of sp³-hybridized carbons (Fsp3) is 0.308. The van der Waals surface area contributed by atoms with Gasteiger partial charge in [-0.2, -0.15) is 0 Å². The van der Waals surface area contributed by atoms with Crippen molar-refractivity contribution >= 4 is 17.4 Å². The molecule has 2 aromatic rings. The third-order valence-corrected chi connectivity index (χ3v) is 3.12. The molecule has 0 aliphatic carbocycles. The standard InChI is InChI=1S/C13H16ClFN4/c1-13(2,3)12-18-10(11(16)19(12)17)8-5-4-7(15)6-9(8)14/h4-6H,16-17H2,1-3H3. The number of nitrogens with two attached hydrogens (primary N) is 2. The van der Waals surface area contributed by atoms with Gasteiger partial charge in [-0.3, -0.25) is 0 Å². The summed E-state index contributed by atoms with van der Waals surface area (Å²) in [6.07, 6.45) is 0. The van der Waals surface area contributed by atoms with Gasteiger partial charge < -0.3 is 11.6 Å². The zero-order valence-electron chi connectivity index (χ0n) is 11.0. The van der Waals surface area contributed by atoms with Crippen molar-refractivity contribution in [1.82, 2.24) is 9.66 Å². The van der Waals surface area contributed by atoms with E-state index < -0.39 is 5.82 Å². The van der Waals surface area contributed by atoms with Crippen LogP contribution in [0.15, 0.2) is 18.2 Å². The van der Waals surface area contributed by atoms with Gasteiger partial charge in [0.05, 0.1) is 5.02 Å². The molecule has 0 saturated carbocycles. The van der Waals surface area contributed by atoms with Gasteiger partial charge in [0.2, 0.25) is 0 Å². The molecule has 0 saturated heterocycles. The van der Waals surface area contributed by atoms with Crippen LogP contribution in [0.2, 0.25) is 5.02 Å². The number of nitrogens with zero attached hydrogens (tertiary/aromatic N) is 2. The predicted molar refractivity (Wildman–Crippen MR) is 75.9 cm³/mol. The number of hydrogen-bond donors (Lipinski definition) is 2. The molecule has 1 aromatic heterocycles. The molecule has 102 valence electrons. The fourth-order valence-electron chi connectivity index (χ4n) is 1.85. The van der Waals surface area contributed by atoms with E-state index in [0.717, 1.165) is 0 Å². The van der Waals surface area contributed by atoms with E-state index in [9.17, 15) is 4.39 Å². The molecule has 19 heavy (non-hydrogen) atoms. The molecule has 1 heterocycles. The van der Waals surface area contributed by atoms with Gasteiger partial charge >= 0.3 is 0 Å². The Morgan fingerprint density at radius 1 is 1.32 bits per heavy atom. The van der Waals surface area contributed by atoms with Gasteiger partial charge in [0, 0.05) is 11.0 Å². The highest BCUT2D eigenvalue weighted by molar-refractivity contribution is 6.33. The van der Waals surface area contributed by atoms with Gasteiger partial charge in [0.15, 0.2) is 5.82 Å². The zero-order chi connectivity index (χ0) is 14.4. The number of hydrogen-bond acceptors (Lipinski definition) is 3. The molecule has 4 N–H and O–H groups in total. The zero-order valence-corrected chi connectivity index (χ0v) is 11.8. The lowest BCUT2D eigenvalue weighted by atomic mass is 9.96. The van der Waals surface area contributed by atoms with Gasteiger partial charge in [-0.15, -0.1) is 0 Å². The van der Waals surface area contributed by atoms with E-state index in [1.165, 1.54) is 16.8 Å². The largest absolute Gasteiger partial charge is 0.382 e. The van der Waals surface area contributed by atoms with Gasteiger partial charge in [0.25, 0.3) is 0 Å². The SMILES string of the molecule is CC(C)(C)c1nc(-c2ccc(F)cc2Cl)c(N)n1N. The number of nitrogen functional groups attached to an aromatic ring is 2. The first kappa shape index (κ1) is 13.7. The van der Waals surface area contributed by atoms with Crippen LogP contribution < -0.4 is 11.6 Å². The highest BCUT2D eigenvalue weighted by atomic mass is 35.5. The predicted octanol–water partition coefficient (Wildman–Crippen LogP) is 2.94. The molecule has 2 rings (SSSR count). The van der Waals surface area contributed by atoms with Crippen LogP contribution in [-0.4, -0.2) is 9.66 Å². The summed E-state index contributed by atoms with van der Waals surface area (Å²) in [5.74, 6) is 6.46. The molecule has 4 nitrogen and oxygen atoms in total. The minimum absolute atomic E-state index is 0.255. The van der Waals surface area contributed by atoms with Crippen molar-refractivity contribution in [3.05, 3.63) is 34.9 Å². The Kier molecular flexibility index (Phi) is 3.18. The third kappa shape index (κ3) is 2.38. The number of anilines is 1. The van der Waals surface area contributed by atoms with Crippen molar-refractivity contribution in [3.63, 3.8) is 0 Å². The minimum Gasteiger partial charge on any atom is -0.382 e. The average molecular weight is 283 g/mol. The third-order valence-electron chi connectivity index (χ3n) is 2.81. The van der Waals surface area contributed by atoms with Crippen LogP contribution in [0.4, 0.5) is 10.2 Å². The molecule has 0 aliphatic rings. The van der Waals surface area contributed by atoms with Crippen molar-refractivity contribution in [2.24, 2.45) is 0 Å². The Morgan fingerprint density at radius 2 is 1.95 bits per heavy atom. The average Bonchev–Trinajstić information content (AvgIpc) is 2.56. The monoisotopic (exact) mass is 282 g/mol. The lowest BCUT2D eigenvalue weighted by Gasteiger charge is -2.17. The molecule has 0 spiro atoms. The van der Waals surface area contributed by atoms with Crippen molar-refractivity contribution in [2.75, 3.05) is 11.6 Å². The summed E-state index contributed by atoms with van der Waals surface area (Å²) in [6, 6.07) is 4.08. The van der Waals surface area contributed by atoms with E-state index in [4.69, 9.17) is 23.2 Å². The summed E-state index contributed by atoms with van der Waals surface area (Å²) in [7, 11) is 0. The van der Waals surface area contributed by atoms with Crippen LogP contribution in [0, 0.1) is 5.82 Å². The summed E-state index contributed by atoms with van der Waals surface area (Å²) in [5, 5.41) is 0.255. The summed E-state index contributed by atoms with van der Waals surface area (Å²) >= 11 is 6.03. The minimum atomic E-state index is -0.407. The van der Waals surface area contributed by atoms with Crippen LogP contribution >= 0.6 is 11.6 Å². The summed E-state index contributed by atoms with van der Waals surface area (Å²) < 4.78 is 14.4. The first-order valence-corrected chi connectivity index (χ1v) is 6.19. The van der Waals surface area contributed by atoms with Crippen LogP contribution in [0.5, 0.6) is 0 Å². The van der Waals surface area contributed by atoms with Gasteiger partial charge in [-0.05, 0) is 18.2 Å². The normalized spacial score (nSPS) is 11.8. The molecular formula is C13H16ClFN4. The lowest BCUT2D eigenvalue weighted by Crippen LogP contribution is -2.24.